The first-order valence-electron chi connectivity index (χ1n) is 8.33. The van der Waals surface area contributed by atoms with Gasteiger partial charge < -0.3 is 15.2 Å². The lowest BCUT2D eigenvalue weighted by atomic mass is 9.78. The highest BCUT2D eigenvalue weighted by Crippen LogP contribution is 2.52. The maximum atomic E-state index is 12.4. The molecule has 116 valence electrons. The number of aliphatic carboxylic acids is 1. The smallest absolute Gasteiger partial charge is 0.224 e. The van der Waals surface area contributed by atoms with Crippen LogP contribution < -0.4 is 10.4 Å². The Morgan fingerprint density at radius 1 is 1.19 bits per heavy atom. The number of fused-ring (bicyclic) bond motifs is 2. The number of carboxylic acids is 1. The molecule has 3 aliphatic rings. The predicted molar refractivity (Wildman–Crippen MR) is 77.0 cm³/mol. The summed E-state index contributed by atoms with van der Waals surface area (Å²) in [7, 11) is 0. The van der Waals surface area contributed by atoms with Gasteiger partial charge in [-0.2, -0.15) is 0 Å². The minimum Gasteiger partial charge on any atom is -0.550 e. The Kier molecular flexibility index (Phi) is 4.32. The van der Waals surface area contributed by atoms with Gasteiger partial charge in [0.1, 0.15) is 0 Å². The Bertz CT molecular complexity index is 457. The number of allylic oxidation sites excluding steroid dienone is 1. The number of carbonyl (C=O) groups excluding carboxylic acids is 2. The van der Waals surface area contributed by atoms with Gasteiger partial charge in [-0.05, 0) is 63.2 Å². The van der Waals surface area contributed by atoms with Gasteiger partial charge in [-0.15, -0.1) is 0 Å². The first-order chi connectivity index (χ1) is 10.2. The molecular weight excluding hydrogens is 266 g/mol. The molecule has 2 bridgehead atoms. The first-order valence-corrected chi connectivity index (χ1v) is 8.33. The van der Waals surface area contributed by atoms with Gasteiger partial charge in [0.15, 0.2) is 0 Å². The van der Waals surface area contributed by atoms with Crippen molar-refractivity contribution in [2.24, 2.45) is 23.7 Å². The van der Waals surface area contributed by atoms with Crippen LogP contribution in [0.15, 0.2) is 11.6 Å². The predicted octanol–water partition coefficient (Wildman–Crippen LogP) is 1.41. The van der Waals surface area contributed by atoms with Crippen molar-refractivity contribution in [2.45, 2.75) is 51.4 Å². The fourth-order valence-corrected chi connectivity index (χ4v) is 4.60. The van der Waals surface area contributed by atoms with Crippen molar-refractivity contribution in [2.75, 3.05) is 6.54 Å². The molecule has 4 atom stereocenters. The van der Waals surface area contributed by atoms with E-state index in [4.69, 9.17) is 0 Å². The van der Waals surface area contributed by atoms with Gasteiger partial charge in [-0.1, -0.05) is 11.6 Å². The zero-order chi connectivity index (χ0) is 14.8. The topological polar surface area (TPSA) is 69.2 Å². The molecular formula is C17H24NO3-. The van der Waals surface area contributed by atoms with Crippen molar-refractivity contribution in [1.29, 1.82) is 0 Å². The van der Waals surface area contributed by atoms with E-state index in [0.717, 1.165) is 38.5 Å². The SMILES string of the molecule is O=C([O-])[C@H]1[C@H]2CC[C@@H](C2)[C@@H]1C(=O)NCCC1=CCCCC1. The molecule has 0 heterocycles. The summed E-state index contributed by atoms with van der Waals surface area (Å²) < 4.78 is 0. The number of nitrogens with one attached hydrogen (secondary N) is 1. The van der Waals surface area contributed by atoms with E-state index < -0.39 is 11.9 Å². The van der Waals surface area contributed by atoms with Crippen LogP contribution in [0.5, 0.6) is 0 Å². The van der Waals surface area contributed by atoms with E-state index in [2.05, 4.69) is 11.4 Å². The highest BCUT2D eigenvalue weighted by atomic mass is 16.4. The Morgan fingerprint density at radius 3 is 2.62 bits per heavy atom. The molecule has 0 aromatic rings. The molecule has 1 N–H and O–H groups in total. The van der Waals surface area contributed by atoms with Crippen LogP contribution >= 0.6 is 0 Å². The molecule has 3 aliphatic carbocycles. The van der Waals surface area contributed by atoms with Gasteiger partial charge in [-0.3, -0.25) is 4.79 Å². The van der Waals surface area contributed by atoms with Crippen LogP contribution in [-0.4, -0.2) is 18.4 Å². The molecule has 0 spiro atoms. The second kappa shape index (κ2) is 6.20. The molecule has 0 unspecified atom stereocenters. The third-order valence-electron chi connectivity index (χ3n) is 5.62. The van der Waals surface area contributed by atoms with Crippen molar-refractivity contribution < 1.29 is 14.7 Å². The average molecular weight is 290 g/mol. The van der Waals surface area contributed by atoms with Crippen LogP contribution in [0.25, 0.3) is 0 Å². The summed E-state index contributed by atoms with van der Waals surface area (Å²) in [5.74, 6) is -1.58. The number of rotatable bonds is 5. The van der Waals surface area contributed by atoms with E-state index >= 15 is 0 Å². The molecule has 0 saturated heterocycles. The van der Waals surface area contributed by atoms with Crippen molar-refractivity contribution in [3.05, 3.63) is 11.6 Å². The summed E-state index contributed by atoms with van der Waals surface area (Å²) in [6.45, 7) is 0.637. The summed E-state index contributed by atoms with van der Waals surface area (Å²) in [6.07, 6.45) is 10.8. The number of hydrogen-bond donors (Lipinski definition) is 1. The normalized spacial score (nSPS) is 34.6. The molecule has 1 amide bonds. The van der Waals surface area contributed by atoms with Gasteiger partial charge in [-0.25, -0.2) is 0 Å². The highest BCUT2D eigenvalue weighted by molar-refractivity contribution is 5.85. The molecule has 0 radical (unpaired) electrons. The summed E-state index contributed by atoms with van der Waals surface area (Å²) in [4.78, 5) is 23.7. The van der Waals surface area contributed by atoms with E-state index in [9.17, 15) is 14.7 Å². The van der Waals surface area contributed by atoms with Gasteiger partial charge in [0.05, 0.1) is 0 Å². The van der Waals surface area contributed by atoms with Crippen molar-refractivity contribution in [1.82, 2.24) is 5.32 Å². The third kappa shape index (κ3) is 2.99. The molecule has 21 heavy (non-hydrogen) atoms. The molecule has 0 aliphatic heterocycles. The Balaban J connectivity index is 1.52. The monoisotopic (exact) mass is 290 g/mol. The van der Waals surface area contributed by atoms with Crippen molar-refractivity contribution in [3.63, 3.8) is 0 Å². The number of carbonyl (C=O) groups is 2. The molecule has 4 heteroatoms. The minimum atomic E-state index is -1.03. The lowest BCUT2D eigenvalue weighted by molar-refractivity contribution is -0.314. The minimum absolute atomic E-state index is 0.0622. The van der Waals surface area contributed by atoms with Crippen LogP contribution in [0.3, 0.4) is 0 Å². The summed E-state index contributed by atoms with van der Waals surface area (Å²) >= 11 is 0. The van der Waals surface area contributed by atoms with Crippen LogP contribution in [0.4, 0.5) is 0 Å². The van der Waals surface area contributed by atoms with E-state index in [1.807, 2.05) is 0 Å². The summed E-state index contributed by atoms with van der Waals surface area (Å²) in [5, 5.41) is 14.3. The average Bonchev–Trinajstić information content (AvgIpc) is 3.08. The molecule has 0 aromatic heterocycles. The second-order valence-corrected chi connectivity index (χ2v) is 6.85. The highest BCUT2D eigenvalue weighted by Gasteiger charge is 2.51. The summed E-state index contributed by atoms with van der Waals surface area (Å²) in [5.41, 5.74) is 1.44. The Morgan fingerprint density at radius 2 is 1.95 bits per heavy atom. The van der Waals surface area contributed by atoms with Gasteiger partial charge in [0, 0.05) is 24.3 Å². The maximum Gasteiger partial charge on any atom is 0.224 e. The van der Waals surface area contributed by atoms with Crippen LogP contribution in [0.2, 0.25) is 0 Å². The maximum absolute atomic E-state index is 12.4. The van der Waals surface area contributed by atoms with Crippen molar-refractivity contribution in [3.8, 4) is 0 Å². The fraction of sp³-hybridized carbons (Fsp3) is 0.765. The second-order valence-electron chi connectivity index (χ2n) is 6.85. The van der Waals surface area contributed by atoms with E-state index in [1.54, 1.807) is 0 Å². The van der Waals surface area contributed by atoms with Gasteiger partial charge >= 0.3 is 0 Å². The van der Waals surface area contributed by atoms with E-state index in [-0.39, 0.29) is 23.7 Å². The first kappa shape index (κ1) is 14.6. The third-order valence-corrected chi connectivity index (χ3v) is 5.62. The Labute approximate surface area is 126 Å². The van der Waals surface area contributed by atoms with Crippen LogP contribution in [0.1, 0.15) is 51.4 Å². The van der Waals surface area contributed by atoms with E-state index in [1.165, 1.54) is 18.4 Å². The molecule has 4 nitrogen and oxygen atoms in total. The molecule has 0 aromatic carbocycles. The molecule has 3 rings (SSSR count). The molecule has 2 fully saturated rings. The van der Waals surface area contributed by atoms with Gasteiger partial charge in [0.2, 0.25) is 5.91 Å². The summed E-state index contributed by atoms with van der Waals surface area (Å²) in [6, 6.07) is 0. The largest absolute Gasteiger partial charge is 0.550 e. The molecule has 2 saturated carbocycles. The zero-order valence-electron chi connectivity index (χ0n) is 12.5. The lowest BCUT2D eigenvalue weighted by Crippen LogP contribution is -2.46. The van der Waals surface area contributed by atoms with Crippen LogP contribution in [0, 0.1) is 23.7 Å². The number of hydrogen-bond acceptors (Lipinski definition) is 3. The Hall–Kier alpha value is -1.32. The zero-order valence-corrected chi connectivity index (χ0v) is 12.5. The van der Waals surface area contributed by atoms with E-state index in [0.29, 0.717) is 6.54 Å². The number of carboxylic acid groups (broad SMARTS) is 1. The van der Waals surface area contributed by atoms with Gasteiger partial charge in [0.25, 0.3) is 0 Å². The quantitative estimate of drug-likeness (QED) is 0.778. The number of amides is 1. The van der Waals surface area contributed by atoms with Crippen molar-refractivity contribution >= 4 is 11.9 Å². The lowest BCUT2D eigenvalue weighted by Gasteiger charge is -2.30. The van der Waals surface area contributed by atoms with Crippen LogP contribution in [-0.2, 0) is 9.59 Å². The fourth-order valence-electron chi connectivity index (χ4n) is 4.60. The standard InChI is InChI=1S/C17H25NO3/c19-16(18-9-8-11-4-2-1-3-5-11)14-12-6-7-13(10-12)15(14)17(20)21/h4,12-15H,1-3,5-10H2,(H,18,19)(H,20,21)/p-1/t12-,13-,14-,15-/m0/s1.